The molecule has 1 saturated heterocycles. The Morgan fingerprint density at radius 1 is 1.47 bits per heavy atom. The third-order valence-corrected chi connectivity index (χ3v) is 2.88. The van der Waals surface area contributed by atoms with E-state index in [2.05, 4.69) is 15.6 Å². The number of halogens is 2. The molecule has 1 aromatic rings. The lowest BCUT2D eigenvalue weighted by Crippen LogP contribution is -2.43. The van der Waals surface area contributed by atoms with Crippen LogP contribution in [-0.2, 0) is 5.60 Å². The van der Waals surface area contributed by atoms with Crippen LogP contribution in [0.5, 0.6) is 0 Å². The van der Waals surface area contributed by atoms with Gasteiger partial charge < -0.3 is 10.4 Å². The van der Waals surface area contributed by atoms with Gasteiger partial charge in [-0.1, -0.05) is 5.21 Å². The molecule has 0 saturated carbocycles. The topological polar surface area (TPSA) is 63.0 Å². The molecule has 0 aromatic carbocycles. The molecule has 1 fully saturated rings. The second kappa shape index (κ2) is 6.54. The molecule has 100 valence electrons. The average Bonchev–Trinajstić information content (AvgIpc) is 2.68. The van der Waals surface area contributed by atoms with Crippen molar-refractivity contribution >= 4 is 24.8 Å². The van der Waals surface area contributed by atoms with E-state index in [-0.39, 0.29) is 30.9 Å². The van der Waals surface area contributed by atoms with Crippen LogP contribution in [-0.4, -0.2) is 33.2 Å². The van der Waals surface area contributed by atoms with Gasteiger partial charge in [0.2, 0.25) is 0 Å². The zero-order valence-electron chi connectivity index (χ0n) is 10.1. The summed E-state index contributed by atoms with van der Waals surface area (Å²) in [6.07, 6.45) is 3.58. The number of aromatic nitrogens is 3. The van der Waals surface area contributed by atoms with Gasteiger partial charge >= 0.3 is 0 Å². The first-order valence-corrected chi connectivity index (χ1v) is 5.47. The quantitative estimate of drug-likeness (QED) is 0.858. The first-order valence-electron chi connectivity index (χ1n) is 5.47. The Hall–Kier alpha value is -0.360. The highest BCUT2D eigenvalue weighted by atomic mass is 35.5. The summed E-state index contributed by atoms with van der Waals surface area (Å²) in [6, 6.07) is 0.284. The Morgan fingerprint density at radius 2 is 2.18 bits per heavy atom. The van der Waals surface area contributed by atoms with Gasteiger partial charge in [-0.3, -0.25) is 0 Å². The molecule has 2 N–H and O–H groups in total. The molecule has 17 heavy (non-hydrogen) atoms. The summed E-state index contributed by atoms with van der Waals surface area (Å²) in [6.45, 7) is 5.63. The largest absolute Gasteiger partial charge is 0.382 e. The highest BCUT2D eigenvalue weighted by molar-refractivity contribution is 5.85. The van der Waals surface area contributed by atoms with Crippen LogP contribution < -0.4 is 5.32 Å². The minimum absolute atomic E-state index is 0. The number of aliphatic hydroxyl groups is 1. The van der Waals surface area contributed by atoms with Gasteiger partial charge in [0.15, 0.2) is 0 Å². The molecule has 2 rings (SSSR count). The van der Waals surface area contributed by atoms with Gasteiger partial charge in [0, 0.05) is 12.6 Å². The van der Waals surface area contributed by atoms with Crippen LogP contribution in [0.2, 0.25) is 0 Å². The molecule has 0 bridgehead atoms. The summed E-state index contributed by atoms with van der Waals surface area (Å²) in [5.74, 6) is 0. The van der Waals surface area contributed by atoms with Gasteiger partial charge in [0.05, 0.1) is 6.20 Å². The number of nitrogens with one attached hydrogen (secondary N) is 1. The summed E-state index contributed by atoms with van der Waals surface area (Å²) >= 11 is 0. The second-order valence-electron chi connectivity index (χ2n) is 4.49. The maximum Gasteiger partial charge on any atom is 0.122 e. The van der Waals surface area contributed by atoms with E-state index in [1.165, 1.54) is 0 Å². The van der Waals surface area contributed by atoms with Gasteiger partial charge in [-0.25, -0.2) is 4.68 Å². The van der Waals surface area contributed by atoms with Crippen LogP contribution >= 0.6 is 24.8 Å². The number of β-amino-alcohol motifs (C(OH)–C–C–N with tert-alkyl or cyclic N) is 1. The van der Waals surface area contributed by atoms with Crippen LogP contribution in [0.15, 0.2) is 6.20 Å². The number of hydrogen-bond acceptors (Lipinski definition) is 4. The minimum atomic E-state index is -0.828. The Kier molecular flexibility index (Phi) is 6.40. The van der Waals surface area contributed by atoms with Crippen LogP contribution in [0, 0.1) is 0 Å². The Labute approximate surface area is 114 Å². The summed E-state index contributed by atoms with van der Waals surface area (Å²) in [7, 11) is 0. The molecule has 7 heteroatoms. The van der Waals surface area contributed by atoms with E-state index in [1.807, 2.05) is 20.0 Å². The molecule has 1 unspecified atom stereocenters. The zero-order valence-corrected chi connectivity index (χ0v) is 11.7. The van der Waals surface area contributed by atoms with E-state index in [0.717, 1.165) is 19.4 Å². The van der Waals surface area contributed by atoms with E-state index in [4.69, 9.17) is 0 Å². The molecule has 1 aromatic heterocycles. The SMILES string of the molecule is CC(C)n1cc(C2(O)CCCNC2)nn1.Cl.Cl. The standard InChI is InChI=1S/C10H18N4O.2ClH/c1-8(2)14-6-9(12-13-14)10(15)4-3-5-11-7-10;;/h6,8,11,15H,3-5,7H2,1-2H3;2*1H. The number of rotatable bonds is 2. The summed E-state index contributed by atoms with van der Waals surface area (Å²) in [4.78, 5) is 0. The predicted molar refractivity (Wildman–Crippen MR) is 70.9 cm³/mol. The van der Waals surface area contributed by atoms with E-state index in [0.29, 0.717) is 12.2 Å². The molecule has 1 aliphatic rings. The second-order valence-corrected chi connectivity index (χ2v) is 4.49. The molecule has 0 aliphatic carbocycles. The van der Waals surface area contributed by atoms with Crippen molar-refractivity contribution in [1.82, 2.24) is 20.3 Å². The molecule has 1 atom stereocenters. The molecule has 5 nitrogen and oxygen atoms in total. The van der Waals surface area contributed by atoms with Gasteiger partial charge in [0.1, 0.15) is 11.3 Å². The van der Waals surface area contributed by atoms with Crippen molar-refractivity contribution in [2.75, 3.05) is 13.1 Å². The van der Waals surface area contributed by atoms with E-state index >= 15 is 0 Å². The van der Waals surface area contributed by atoms with Gasteiger partial charge in [0.25, 0.3) is 0 Å². The van der Waals surface area contributed by atoms with E-state index in [1.54, 1.807) is 4.68 Å². The number of piperidine rings is 1. The number of hydrogen-bond donors (Lipinski definition) is 2. The summed E-state index contributed by atoms with van der Waals surface area (Å²) in [5, 5.41) is 21.6. The lowest BCUT2D eigenvalue weighted by molar-refractivity contribution is 0.00811. The minimum Gasteiger partial charge on any atom is -0.382 e. The number of nitrogens with zero attached hydrogens (tertiary/aromatic N) is 3. The Balaban J connectivity index is 0.00000128. The van der Waals surface area contributed by atoms with Crippen molar-refractivity contribution < 1.29 is 5.11 Å². The molecular weight excluding hydrogens is 263 g/mol. The molecule has 2 heterocycles. The first-order chi connectivity index (χ1) is 7.12. The molecule has 0 spiro atoms. The monoisotopic (exact) mass is 282 g/mol. The zero-order chi connectivity index (χ0) is 10.9. The van der Waals surface area contributed by atoms with Crippen LogP contribution in [0.1, 0.15) is 38.4 Å². The lowest BCUT2D eigenvalue weighted by atomic mass is 9.91. The van der Waals surface area contributed by atoms with E-state index in [9.17, 15) is 5.11 Å². The Morgan fingerprint density at radius 3 is 2.65 bits per heavy atom. The fourth-order valence-electron chi connectivity index (χ4n) is 1.85. The summed E-state index contributed by atoms with van der Waals surface area (Å²) < 4.78 is 1.78. The van der Waals surface area contributed by atoms with Gasteiger partial charge in [-0.05, 0) is 33.2 Å². The van der Waals surface area contributed by atoms with Gasteiger partial charge in [-0.15, -0.1) is 29.9 Å². The maximum absolute atomic E-state index is 10.4. The van der Waals surface area contributed by atoms with Gasteiger partial charge in [-0.2, -0.15) is 0 Å². The fraction of sp³-hybridized carbons (Fsp3) is 0.800. The van der Waals surface area contributed by atoms with Crippen molar-refractivity contribution in [3.8, 4) is 0 Å². The smallest absolute Gasteiger partial charge is 0.122 e. The van der Waals surface area contributed by atoms with Crippen LogP contribution in [0.25, 0.3) is 0 Å². The summed E-state index contributed by atoms with van der Waals surface area (Å²) in [5.41, 5.74) is -0.144. The van der Waals surface area contributed by atoms with Crippen LogP contribution in [0.4, 0.5) is 0 Å². The van der Waals surface area contributed by atoms with E-state index < -0.39 is 5.60 Å². The maximum atomic E-state index is 10.4. The third kappa shape index (κ3) is 3.55. The average molecular weight is 283 g/mol. The normalized spacial score (nSPS) is 24.0. The van der Waals surface area contributed by atoms with Crippen molar-refractivity contribution in [1.29, 1.82) is 0 Å². The predicted octanol–water partition coefficient (Wildman–Crippen LogP) is 1.27. The fourth-order valence-corrected chi connectivity index (χ4v) is 1.85. The van der Waals surface area contributed by atoms with Crippen molar-refractivity contribution in [3.05, 3.63) is 11.9 Å². The molecule has 0 amide bonds. The molecular formula is C10H20Cl2N4O. The molecule has 1 aliphatic heterocycles. The lowest BCUT2D eigenvalue weighted by Gasteiger charge is -2.30. The van der Waals surface area contributed by atoms with Crippen LogP contribution in [0.3, 0.4) is 0 Å². The third-order valence-electron chi connectivity index (χ3n) is 2.88. The first kappa shape index (κ1) is 16.6. The molecule has 0 radical (unpaired) electrons. The van der Waals surface area contributed by atoms with Crippen molar-refractivity contribution in [3.63, 3.8) is 0 Å². The van der Waals surface area contributed by atoms with Crippen molar-refractivity contribution in [2.45, 2.75) is 38.3 Å². The van der Waals surface area contributed by atoms with Crippen molar-refractivity contribution in [2.24, 2.45) is 0 Å². The highest BCUT2D eigenvalue weighted by Gasteiger charge is 2.34. The highest BCUT2D eigenvalue weighted by Crippen LogP contribution is 2.26. The Bertz CT molecular complexity index is 337.